The Morgan fingerprint density at radius 1 is 1.16 bits per heavy atom. The fourth-order valence-electron chi connectivity index (χ4n) is 2.41. The molecule has 0 aliphatic heterocycles. The highest BCUT2D eigenvalue weighted by molar-refractivity contribution is 14.1. The van der Waals surface area contributed by atoms with Gasteiger partial charge in [-0.2, -0.15) is 10.1 Å². The van der Waals surface area contributed by atoms with Gasteiger partial charge in [0.25, 0.3) is 5.95 Å². The molecule has 2 aromatic heterocycles. The number of H-pyrrole nitrogens is 1. The van der Waals surface area contributed by atoms with E-state index >= 15 is 0 Å². The smallest absolute Gasteiger partial charge is 0.265 e. The summed E-state index contributed by atoms with van der Waals surface area (Å²) in [6, 6.07) is 10.1. The van der Waals surface area contributed by atoms with Gasteiger partial charge in [-0.05, 0) is 40.8 Å². The van der Waals surface area contributed by atoms with Crippen molar-refractivity contribution in [2.45, 2.75) is 0 Å². The van der Waals surface area contributed by atoms with Crippen LogP contribution in [0, 0.1) is 3.57 Å². The fraction of sp³-hybridized carbons (Fsp3) is 0. The molecule has 4 aromatic rings. The number of para-hydroxylation sites is 1. The molecule has 0 spiro atoms. The van der Waals surface area contributed by atoms with Gasteiger partial charge in [0.15, 0.2) is 5.65 Å². The minimum Gasteiger partial charge on any atom is -0.508 e. The molecule has 0 radical (unpaired) electrons. The Labute approximate surface area is 154 Å². The SMILES string of the molecule is Oc1ccc(/C=N\Nc2nnc3c(n2)[nH]c2c(I)cccc23)c(O)c1. The highest BCUT2D eigenvalue weighted by Crippen LogP contribution is 2.26. The van der Waals surface area contributed by atoms with Crippen molar-refractivity contribution in [1.29, 1.82) is 0 Å². The highest BCUT2D eigenvalue weighted by Gasteiger charge is 2.10. The van der Waals surface area contributed by atoms with Crippen molar-refractivity contribution in [2.24, 2.45) is 5.10 Å². The van der Waals surface area contributed by atoms with Gasteiger partial charge < -0.3 is 15.2 Å². The summed E-state index contributed by atoms with van der Waals surface area (Å²) in [5.41, 5.74) is 5.39. The second kappa shape index (κ2) is 6.16. The molecule has 0 atom stereocenters. The molecule has 9 heteroatoms. The third-order valence-corrected chi connectivity index (χ3v) is 4.48. The Bertz CT molecular complexity index is 1120. The predicted molar refractivity (Wildman–Crippen MR) is 103 cm³/mol. The number of aromatic nitrogens is 4. The van der Waals surface area contributed by atoms with Gasteiger partial charge in [-0.15, -0.1) is 10.2 Å². The summed E-state index contributed by atoms with van der Waals surface area (Å²) < 4.78 is 1.07. The molecule has 0 saturated heterocycles. The number of anilines is 1. The minimum atomic E-state index is -0.0785. The molecule has 0 fully saturated rings. The van der Waals surface area contributed by atoms with Crippen LogP contribution in [0.3, 0.4) is 0 Å². The number of nitrogens with one attached hydrogen (secondary N) is 2. The highest BCUT2D eigenvalue weighted by atomic mass is 127. The minimum absolute atomic E-state index is 0.0194. The summed E-state index contributed by atoms with van der Waals surface area (Å²) in [4.78, 5) is 7.59. The van der Waals surface area contributed by atoms with Crippen LogP contribution in [-0.4, -0.2) is 36.6 Å². The molecule has 0 amide bonds. The molecular formula is C16H11IN6O2. The van der Waals surface area contributed by atoms with Crippen molar-refractivity contribution < 1.29 is 10.2 Å². The molecule has 2 heterocycles. The van der Waals surface area contributed by atoms with Crippen LogP contribution in [0.4, 0.5) is 5.95 Å². The van der Waals surface area contributed by atoms with Crippen molar-refractivity contribution in [2.75, 3.05) is 5.43 Å². The predicted octanol–water partition coefficient (Wildman–Crippen LogP) is 2.97. The molecule has 8 nitrogen and oxygen atoms in total. The third-order valence-electron chi connectivity index (χ3n) is 3.58. The monoisotopic (exact) mass is 446 g/mol. The average molecular weight is 446 g/mol. The first-order valence-corrected chi connectivity index (χ1v) is 8.31. The maximum absolute atomic E-state index is 9.71. The van der Waals surface area contributed by atoms with Crippen molar-refractivity contribution in [3.63, 3.8) is 0 Å². The molecule has 4 N–H and O–H groups in total. The van der Waals surface area contributed by atoms with Crippen molar-refractivity contribution >= 4 is 56.8 Å². The molecule has 0 aliphatic carbocycles. The van der Waals surface area contributed by atoms with Crippen LogP contribution in [0.15, 0.2) is 41.5 Å². The number of aromatic hydroxyl groups is 2. The van der Waals surface area contributed by atoms with Crippen LogP contribution >= 0.6 is 22.6 Å². The molecular weight excluding hydrogens is 435 g/mol. The molecule has 4 rings (SSSR count). The van der Waals surface area contributed by atoms with Gasteiger partial charge in [0.05, 0.1) is 11.7 Å². The van der Waals surface area contributed by atoms with Crippen LogP contribution in [0.25, 0.3) is 22.1 Å². The first-order valence-electron chi connectivity index (χ1n) is 7.23. The third kappa shape index (κ3) is 2.93. The standard InChI is InChI=1S/C16H11IN6O2/c17-11-3-1-2-10-13(11)19-15-14(10)21-23-16(20-15)22-18-7-8-4-5-9(24)6-12(8)25/h1-7,24-25H,(H2,19,20,22,23)/b18-7-. The number of phenols is 2. The fourth-order valence-corrected chi connectivity index (χ4v) is 3.04. The Morgan fingerprint density at radius 3 is 2.88 bits per heavy atom. The van der Waals surface area contributed by atoms with Crippen LogP contribution in [0.1, 0.15) is 5.56 Å². The summed E-state index contributed by atoms with van der Waals surface area (Å²) in [5, 5.41) is 32.1. The number of nitrogens with zero attached hydrogens (tertiary/aromatic N) is 4. The van der Waals surface area contributed by atoms with Crippen LogP contribution in [0.2, 0.25) is 0 Å². The van der Waals surface area contributed by atoms with E-state index < -0.39 is 0 Å². The average Bonchev–Trinajstić information content (AvgIpc) is 2.96. The second-order valence-electron chi connectivity index (χ2n) is 5.23. The summed E-state index contributed by atoms with van der Waals surface area (Å²) in [6.45, 7) is 0. The quantitative estimate of drug-likeness (QED) is 0.218. The van der Waals surface area contributed by atoms with E-state index in [0.29, 0.717) is 16.7 Å². The van der Waals surface area contributed by atoms with E-state index in [1.165, 1.54) is 24.4 Å². The van der Waals surface area contributed by atoms with Gasteiger partial charge in [-0.25, -0.2) is 5.43 Å². The zero-order valence-electron chi connectivity index (χ0n) is 12.6. The molecule has 124 valence electrons. The van der Waals surface area contributed by atoms with Gasteiger partial charge in [-0.3, -0.25) is 0 Å². The van der Waals surface area contributed by atoms with E-state index in [2.05, 4.69) is 53.3 Å². The topological polar surface area (TPSA) is 119 Å². The number of fused-ring (bicyclic) bond motifs is 3. The second-order valence-corrected chi connectivity index (χ2v) is 6.40. The van der Waals surface area contributed by atoms with E-state index in [1.54, 1.807) is 0 Å². The Morgan fingerprint density at radius 2 is 2.04 bits per heavy atom. The number of phenolic OH excluding ortho intramolecular Hbond substituents is 2. The van der Waals surface area contributed by atoms with Crippen LogP contribution < -0.4 is 5.43 Å². The van der Waals surface area contributed by atoms with E-state index in [4.69, 9.17) is 0 Å². The lowest BCUT2D eigenvalue weighted by Crippen LogP contribution is -1.99. The van der Waals surface area contributed by atoms with Gasteiger partial charge in [0, 0.05) is 20.6 Å². The van der Waals surface area contributed by atoms with E-state index in [0.717, 1.165) is 14.5 Å². The number of hydrogen-bond acceptors (Lipinski definition) is 7. The summed E-state index contributed by atoms with van der Waals surface area (Å²) >= 11 is 2.25. The number of benzene rings is 2. The first kappa shape index (κ1) is 15.6. The molecule has 0 saturated carbocycles. The molecule has 0 bridgehead atoms. The molecule has 0 aliphatic rings. The van der Waals surface area contributed by atoms with Crippen LogP contribution in [0.5, 0.6) is 11.5 Å². The molecule has 25 heavy (non-hydrogen) atoms. The number of rotatable bonds is 3. The number of aromatic amines is 1. The Kier molecular flexibility index (Phi) is 3.84. The first-order chi connectivity index (χ1) is 12.1. The maximum Gasteiger partial charge on any atom is 0.265 e. The van der Waals surface area contributed by atoms with Gasteiger partial charge >= 0.3 is 0 Å². The normalized spacial score (nSPS) is 11.6. The zero-order chi connectivity index (χ0) is 17.4. The van der Waals surface area contributed by atoms with Crippen molar-refractivity contribution in [3.05, 3.63) is 45.5 Å². The number of halogens is 1. The van der Waals surface area contributed by atoms with E-state index in [-0.39, 0.29) is 17.4 Å². The van der Waals surface area contributed by atoms with E-state index in [1.807, 2.05) is 18.2 Å². The zero-order valence-corrected chi connectivity index (χ0v) is 14.8. The summed E-state index contributed by atoms with van der Waals surface area (Å²) in [5.74, 6) is 0.128. The number of hydrogen-bond donors (Lipinski definition) is 4. The lowest BCUT2D eigenvalue weighted by molar-refractivity contribution is 0.450. The summed E-state index contributed by atoms with van der Waals surface area (Å²) in [7, 11) is 0. The lowest BCUT2D eigenvalue weighted by atomic mass is 10.2. The lowest BCUT2D eigenvalue weighted by Gasteiger charge is -2.00. The molecule has 2 aromatic carbocycles. The molecule has 0 unspecified atom stereocenters. The van der Waals surface area contributed by atoms with Gasteiger partial charge in [0.2, 0.25) is 0 Å². The largest absolute Gasteiger partial charge is 0.508 e. The maximum atomic E-state index is 9.71. The number of hydrazone groups is 1. The van der Waals surface area contributed by atoms with Crippen molar-refractivity contribution in [3.8, 4) is 11.5 Å². The van der Waals surface area contributed by atoms with Crippen molar-refractivity contribution in [1.82, 2.24) is 20.2 Å². The van der Waals surface area contributed by atoms with E-state index in [9.17, 15) is 10.2 Å². The Hall–Kier alpha value is -2.95. The van der Waals surface area contributed by atoms with Crippen LogP contribution in [-0.2, 0) is 0 Å². The Balaban J connectivity index is 1.62. The van der Waals surface area contributed by atoms with Gasteiger partial charge in [-0.1, -0.05) is 12.1 Å². The van der Waals surface area contributed by atoms with Gasteiger partial charge in [0.1, 0.15) is 17.0 Å². The summed E-state index contributed by atoms with van der Waals surface area (Å²) in [6.07, 6.45) is 1.40.